The molecule has 0 aliphatic carbocycles. The van der Waals surface area contributed by atoms with Gasteiger partial charge in [0.15, 0.2) is 0 Å². The summed E-state index contributed by atoms with van der Waals surface area (Å²) in [5.41, 5.74) is 5.20. The van der Waals surface area contributed by atoms with Crippen molar-refractivity contribution in [1.29, 1.82) is 0 Å². The number of aliphatic carboxylic acids is 1. The first-order chi connectivity index (χ1) is 9.60. The molecule has 1 amide bonds. The van der Waals surface area contributed by atoms with Crippen molar-refractivity contribution in [1.82, 2.24) is 5.32 Å². The van der Waals surface area contributed by atoms with Gasteiger partial charge in [0.05, 0.1) is 11.1 Å². The zero-order chi connectivity index (χ0) is 16.2. The van der Waals surface area contributed by atoms with E-state index >= 15 is 0 Å². The van der Waals surface area contributed by atoms with E-state index in [1.165, 1.54) is 18.2 Å². The molecule has 7 nitrogen and oxygen atoms in total. The largest absolute Gasteiger partial charge is 0.480 e. The number of anilines is 1. The topological polar surface area (TPSA) is 119 Å². The fourth-order valence-electron chi connectivity index (χ4n) is 1.51. The van der Waals surface area contributed by atoms with Crippen LogP contribution < -0.4 is 11.1 Å². The molecule has 0 atom stereocenters. The molecule has 0 spiro atoms. The molecule has 1 rings (SSSR count). The smallest absolute Gasteiger partial charge is 0.339 e. The molecule has 1 aromatic rings. The van der Waals surface area contributed by atoms with Gasteiger partial charge in [0.1, 0.15) is 12.1 Å². The van der Waals surface area contributed by atoms with Gasteiger partial charge in [-0.2, -0.15) is 0 Å². The van der Waals surface area contributed by atoms with Crippen molar-refractivity contribution in [3.05, 3.63) is 29.3 Å². The van der Waals surface area contributed by atoms with E-state index in [2.05, 4.69) is 5.32 Å². The Labute approximate surface area is 122 Å². The minimum Gasteiger partial charge on any atom is -0.480 e. The monoisotopic (exact) mass is 294 g/mol. The Balaban J connectivity index is 3.07. The van der Waals surface area contributed by atoms with E-state index in [-0.39, 0.29) is 11.1 Å². The van der Waals surface area contributed by atoms with Crippen molar-refractivity contribution in [3.63, 3.8) is 0 Å². The molecule has 0 aliphatic heterocycles. The third-order valence-electron chi connectivity index (χ3n) is 2.31. The van der Waals surface area contributed by atoms with Gasteiger partial charge in [-0.05, 0) is 39.0 Å². The highest BCUT2D eigenvalue weighted by Crippen LogP contribution is 2.18. The van der Waals surface area contributed by atoms with Gasteiger partial charge in [-0.1, -0.05) is 0 Å². The standard InChI is InChI=1S/C14H18N2O5/c1-14(2,3)21-13(20)10-6-8(15)4-5-9(10)12(19)16-7-11(17)18/h4-6H,7,15H2,1-3H3,(H,16,19)(H,17,18). The minimum absolute atomic E-state index is 0.00665. The fourth-order valence-corrected chi connectivity index (χ4v) is 1.51. The molecule has 0 saturated heterocycles. The second-order valence-corrected chi connectivity index (χ2v) is 5.38. The third kappa shape index (κ3) is 5.13. The average molecular weight is 294 g/mol. The Morgan fingerprint density at radius 3 is 2.38 bits per heavy atom. The predicted octanol–water partition coefficient (Wildman–Crippen LogP) is 1.04. The van der Waals surface area contributed by atoms with Crippen LogP contribution in [0.15, 0.2) is 18.2 Å². The summed E-state index contributed by atoms with van der Waals surface area (Å²) >= 11 is 0. The number of hydrogen-bond donors (Lipinski definition) is 3. The maximum Gasteiger partial charge on any atom is 0.339 e. The Hall–Kier alpha value is -2.57. The summed E-state index contributed by atoms with van der Waals surface area (Å²) in [6.45, 7) is 4.54. The summed E-state index contributed by atoms with van der Waals surface area (Å²) in [6.07, 6.45) is 0. The highest BCUT2D eigenvalue weighted by molar-refractivity contribution is 6.06. The molecule has 4 N–H and O–H groups in total. The molecule has 0 saturated carbocycles. The number of carbonyl (C=O) groups is 3. The Morgan fingerprint density at radius 2 is 1.86 bits per heavy atom. The van der Waals surface area contributed by atoms with Crippen molar-refractivity contribution in [2.24, 2.45) is 0 Å². The maximum atomic E-state index is 12.1. The zero-order valence-corrected chi connectivity index (χ0v) is 12.1. The van der Waals surface area contributed by atoms with Gasteiger partial charge in [-0.25, -0.2) is 4.79 Å². The number of hydrogen-bond acceptors (Lipinski definition) is 5. The molecule has 0 bridgehead atoms. The molecule has 21 heavy (non-hydrogen) atoms. The number of carboxylic acid groups (broad SMARTS) is 1. The van der Waals surface area contributed by atoms with Crippen LogP contribution >= 0.6 is 0 Å². The molecule has 7 heteroatoms. The number of ether oxygens (including phenoxy) is 1. The second kappa shape index (κ2) is 6.25. The second-order valence-electron chi connectivity index (χ2n) is 5.38. The van der Waals surface area contributed by atoms with Crippen molar-refractivity contribution < 1.29 is 24.2 Å². The van der Waals surface area contributed by atoms with Crippen molar-refractivity contribution in [3.8, 4) is 0 Å². The van der Waals surface area contributed by atoms with Gasteiger partial charge in [-0.15, -0.1) is 0 Å². The van der Waals surface area contributed by atoms with Gasteiger partial charge < -0.3 is 20.9 Å². The number of amides is 1. The van der Waals surface area contributed by atoms with E-state index < -0.39 is 30.0 Å². The van der Waals surface area contributed by atoms with E-state index in [4.69, 9.17) is 15.6 Å². The Kier molecular flexibility index (Phi) is 4.91. The molecule has 0 radical (unpaired) electrons. The van der Waals surface area contributed by atoms with E-state index in [0.717, 1.165) is 0 Å². The molecule has 0 unspecified atom stereocenters. The average Bonchev–Trinajstić information content (AvgIpc) is 2.33. The number of carboxylic acids is 1. The van der Waals surface area contributed by atoms with Crippen LogP contribution in [0.5, 0.6) is 0 Å². The van der Waals surface area contributed by atoms with Crippen molar-refractivity contribution in [2.75, 3.05) is 12.3 Å². The lowest BCUT2D eigenvalue weighted by molar-refractivity contribution is -0.135. The first-order valence-corrected chi connectivity index (χ1v) is 6.23. The molecule has 0 aliphatic rings. The number of carbonyl (C=O) groups excluding carboxylic acids is 2. The summed E-state index contributed by atoms with van der Waals surface area (Å²) in [4.78, 5) is 34.5. The van der Waals surface area contributed by atoms with Crippen LogP contribution in [-0.2, 0) is 9.53 Å². The van der Waals surface area contributed by atoms with E-state index in [1.807, 2.05) is 0 Å². The maximum absolute atomic E-state index is 12.1. The van der Waals surface area contributed by atoms with E-state index in [9.17, 15) is 14.4 Å². The van der Waals surface area contributed by atoms with E-state index in [1.54, 1.807) is 20.8 Å². The van der Waals surface area contributed by atoms with Gasteiger partial charge >= 0.3 is 11.9 Å². The van der Waals surface area contributed by atoms with Crippen LogP contribution in [0.2, 0.25) is 0 Å². The van der Waals surface area contributed by atoms with Crippen LogP contribution in [0.3, 0.4) is 0 Å². The summed E-state index contributed by atoms with van der Waals surface area (Å²) < 4.78 is 5.20. The van der Waals surface area contributed by atoms with Gasteiger partial charge in [0.25, 0.3) is 5.91 Å². The molecule has 0 heterocycles. The third-order valence-corrected chi connectivity index (χ3v) is 2.31. The van der Waals surface area contributed by atoms with Crippen LogP contribution in [0, 0.1) is 0 Å². The number of rotatable bonds is 4. The number of esters is 1. The zero-order valence-electron chi connectivity index (χ0n) is 12.1. The summed E-state index contributed by atoms with van der Waals surface area (Å²) in [5, 5.41) is 10.7. The quantitative estimate of drug-likeness (QED) is 0.564. The minimum atomic E-state index is -1.18. The van der Waals surface area contributed by atoms with Crippen LogP contribution in [-0.4, -0.2) is 35.1 Å². The van der Waals surface area contributed by atoms with Crippen molar-refractivity contribution >= 4 is 23.5 Å². The highest BCUT2D eigenvalue weighted by Gasteiger charge is 2.23. The van der Waals surface area contributed by atoms with E-state index in [0.29, 0.717) is 5.69 Å². The molecule has 0 aromatic heterocycles. The number of benzene rings is 1. The first-order valence-electron chi connectivity index (χ1n) is 6.23. The Bertz CT molecular complexity index is 575. The SMILES string of the molecule is CC(C)(C)OC(=O)c1cc(N)ccc1C(=O)NCC(=O)O. The summed E-state index contributed by atoms with van der Waals surface area (Å²) in [5.74, 6) is -2.56. The fraction of sp³-hybridized carbons (Fsp3) is 0.357. The van der Waals surface area contributed by atoms with Crippen LogP contribution in [0.1, 0.15) is 41.5 Å². The number of nitrogens with one attached hydrogen (secondary N) is 1. The van der Waals surface area contributed by atoms with Gasteiger partial charge in [0.2, 0.25) is 0 Å². The summed E-state index contributed by atoms with van der Waals surface area (Å²) in [7, 11) is 0. The lowest BCUT2D eigenvalue weighted by Crippen LogP contribution is -2.31. The van der Waals surface area contributed by atoms with Crippen LogP contribution in [0.4, 0.5) is 5.69 Å². The first kappa shape index (κ1) is 16.5. The molecule has 0 fully saturated rings. The predicted molar refractivity (Wildman–Crippen MR) is 76.0 cm³/mol. The lowest BCUT2D eigenvalue weighted by atomic mass is 10.1. The molecule has 1 aromatic carbocycles. The van der Waals surface area contributed by atoms with Crippen LogP contribution in [0.25, 0.3) is 0 Å². The Morgan fingerprint density at radius 1 is 1.24 bits per heavy atom. The van der Waals surface area contributed by atoms with Crippen molar-refractivity contribution in [2.45, 2.75) is 26.4 Å². The summed E-state index contributed by atoms with van der Waals surface area (Å²) in [6, 6.07) is 4.12. The number of nitrogen functional groups attached to an aromatic ring is 1. The highest BCUT2D eigenvalue weighted by atomic mass is 16.6. The van der Waals surface area contributed by atoms with Gasteiger partial charge in [-0.3, -0.25) is 9.59 Å². The molecular formula is C14H18N2O5. The number of nitrogens with two attached hydrogens (primary N) is 1. The molecule has 114 valence electrons. The van der Waals surface area contributed by atoms with Gasteiger partial charge in [0, 0.05) is 5.69 Å². The lowest BCUT2D eigenvalue weighted by Gasteiger charge is -2.20. The molecular weight excluding hydrogens is 276 g/mol. The normalized spacial score (nSPS) is 10.8.